The molecule has 0 aliphatic rings. The molecule has 0 aliphatic carbocycles. The SMILES string of the molecule is COCC(C)CC(O)Cc1ccc(F)cc1. The summed E-state index contributed by atoms with van der Waals surface area (Å²) in [5.41, 5.74) is 0.957. The third-order valence-corrected chi connectivity index (χ3v) is 2.51. The van der Waals surface area contributed by atoms with Crippen LogP contribution in [-0.4, -0.2) is 24.9 Å². The Morgan fingerprint density at radius 3 is 2.50 bits per heavy atom. The topological polar surface area (TPSA) is 29.5 Å². The normalized spacial score (nSPS) is 14.8. The fraction of sp³-hybridized carbons (Fsp3) is 0.538. The molecular formula is C13H19FO2. The van der Waals surface area contributed by atoms with E-state index in [2.05, 4.69) is 0 Å². The van der Waals surface area contributed by atoms with Crippen molar-refractivity contribution in [2.24, 2.45) is 5.92 Å². The van der Waals surface area contributed by atoms with Crippen molar-refractivity contribution in [2.45, 2.75) is 25.9 Å². The molecule has 2 unspecified atom stereocenters. The van der Waals surface area contributed by atoms with E-state index in [1.165, 1.54) is 12.1 Å². The van der Waals surface area contributed by atoms with Crippen LogP contribution in [0.25, 0.3) is 0 Å². The number of methoxy groups -OCH3 is 1. The number of halogens is 1. The predicted octanol–water partition coefficient (Wildman–Crippen LogP) is 2.40. The van der Waals surface area contributed by atoms with E-state index in [1.807, 2.05) is 6.92 Å². The number of rotatable bonds is 6. The lowest BCUT2D eigenvalue weighted by Gasteiger charge is -2.15. The zero-order valence-electron chi connectivity index (χ0n) is 9.82. The van der Waals surface area contributed by atoms with Crippen LogP contribution >= 0.6 is 0 Å². The number of aliphatic hydroxyl groups excluding tert-OH is 1. The van der Waals surface area contributed by atoms with Crippen molar-refractivity contribution in [1.29, 1.82) is 0 Å². The second-order valence-electron chi connectivity index (χ2n) is 4.28. The van der Waals surface area contributed by atoms with Crippen molar-refractivity contribution in [3.05, 3.63) is 35.6 Å². The van der Waals surface area contributed by atoms with E-state index in [0.29, 0.717) is 25.4 Å². The van der Waals surface area contributed by atoms with E-state index in [9.17, 15) is 9.50 Å². The predicted molar refractivity (Wildman–Crippen MR) is 61.8 cm³/mol. The van der Waals surface area contributed by atoms with Crippen LogP contribution in [-0.2, 0) is 11.2 Å². The van der Waals surface area contributed by atoms with Crippen LogP contribution in [0.2, 0.25) is 0 Å². The Morgan fingerprint density at radius 1 is 1.31 bits per heavy atom. The van der Waals surface area contributed by atoms with Crippen molar-refractivity contribution in [3.63, 3.8) is 0 Å². The molecule has 1 aromatic rings. The maximum absolute atomic E-state index is 12.7. The lowest BCUT2D eigenvalue weighted by Crippen LogP contribution is -2.17. The van der Waals surface area contributed by atoms with Crippen LogP contribution in [0.15, 0.2) is 24.3 Å². The molecule has 1 rings (SSSR count). The summed E-state index contributed by atoms with van der Waals surface area (Å²) in [4.78, 5) is 0. The summed E-state index contributed by atoms with van der Waals surface area (Å²) in [6.45, 7) is 2.69. The van der Waals surface area contributed by atoms with Gasteiger partial charge in [-0.1, -0.05) is 19.1 Å². The molecule has 0 aromatic heterocycles. The number of hydrogen-bond acceptors (Lipinski definition) is 2. The quantitative estimate of drug-likeness (QED) is 0.807. The highest BCUT2D eigenvalue weighted by atomic mass is 19.1. The highest BCUT2D eigenvalue weighted by Gasteiger charge is 2.10. The van der Waals surface area contributed by atoms with Gasteiger partial charge in [-0.2, -0.15) is 0 Å². The van der Waals surface area contributed by atoms with E-state index in [0.717, 1.165) is 5.56 Å². The number of benzene rings is 1. The molecule has 0 spiro atoms. The van der Waals surface area contributed by atoms with E-state index in [4.69, 9.17) is 4.74 Å². The Bertz CT molecular complexity index is 297. The van der Waals surface area contributed by atoms with Crippen molar-refractivity contribution < 1.29 is 14.2 Å². The van der Waals surface area contributed by atoms with Crippen LogP contribution < -0.4 is 0 Å². The Hall–Kier alpha value is -0.930. The van der Waals surface area contributed by atoms with E-state index < -0.39 is 6.10 Å². The maximum Gasteiger partial charge on any atom is 0.123 e. The molecule has 2 atom stereocenters. The van der Waals surface area contributed by atoms with Crippen molar-refractivity contribution >= 4 is 0 Å². The van der Waals surface area contributed by atoms with Crippen LogP contribution in [0.3, 0.4) is 0 Å². The highest BCUT2D eigenvalue weighted by Crippen LogP contribution is 2.12. The van der Waals surface area contributed by atoms with Gasteiger partial charge in [-0.3, -0.25) is 0 Å². The third kappa shape index (κ3) is 4.73. The third-order valence-electron chi connectivity index (χ3n) is 2.51. The molecule has 16 heavy (non-hydrogen) atoms. The van der Waals surface area contributed by atoms with Gasteiger partial charge in [0.2, 0.25) is 0 Å². The number of ether oxygens (including phenoxy) is 1. The lowest BCUT2D eigenvalue weighted by molar-refractivity contribution is 0.102. The molecule has 0 radical (unpaired) electrons. The van der Waals surface area contributed by atoms with Gasteiger partial charge >= 0.3 is 0 Å². The molecule has 2 nitrogen and oxygen atoms in total. The summed E-state index contributed by atoms with van der Waals surface area (Å²) < 4.78 is 17.7. The number of aliphatic hydroxyl groups is 1. The van der Waals surface area contributed by atoms with Gasteiger partial charge in [-0.05, 0) is 36.5 Å². The molecule has 1 N–H and O–H groups in total. The van der Waals surface area contributed by atoms with Crippen molar-refractivity contribution in [2.75, 3.05) is 13.7 Å². The minimum absolute atomic E-state index is 0.244. The van der Waals surface area contributed by atoms with E-state index >= 15 is 0 Å². The van der Waals surface area contributed by atoms with Gasteiger partial charge in [0.15, 0.2) is 0 Å². The van der Waals surface area contributed by atoms with Gasteiger partial charge in [-0.25, -0.2) is 4.39 Å². The summed E-state index contributed by atoms with van der Waals surface area (Å²) in [6.07, 6.45) is 0.870. The highest BCUT2D eigenvalue weighted by molar-refractivity contribution is 5.16. The van der Waals surface area contributed by atoms with Crippen LogP contribution in [0.5, 0.6) is 0 Å². The van der Waals surface area contributed by atoms with Gasteiger partial charge in [0, 0.05) is 13.7 Å². The van der Waals surface area contributed by atoms with Gasteiger partial charge in [0.25, 0.3) is 0 Å². The van der Waals surface area contributed by atoms with Crippen LogP contribution in [0, 0.1) is 11.7 Å². The summed E-state index contributed by atoms with van der Waals surface area (Å²) in [6, 6.07) is 6.25. The molecule has 0 aliphatic heterocycles. The fourth-order valence-corrected chi connectivity index (χ4v) is 1.79. The Kier molecular flexibility index (Phi) is 5.43. The minimum Gasteiger partial charge on any atom is -0.393 e. The summed E-state index contributed by atoms with van der Waals surface area (Å²) in [5.74, 6) is 0.0893. The Morgan fingerprint density at radius 2 is 1.94 bits per heavy atom. The van der Waals surface area contributed by atoms with Gasteiger partial charge in [-0.15, -0.1) is 0 Å². The van der Waals surface area contributed by atoms with E-state index in [-0.39, 0.29) is 5.82 Å². The standard InChI is InChI=1S/C13H19FO2/c1-10(9-16-2)7-13(15)8-11-3-5-12(14)6-4-11/h3-6,10,13,15H,7-9H2,1-2H3. The average Bonchev–Trinajstić information content (AvgIpc) is 2.21. The summed E-state index contributed by atoms with van der Waals surface area (Å²) in [5, 5.41) is 9.82. The second kappa shape index (κ2) is 6.61. The zero-order valence-corrected chi connectivity index (χ0v) is 9.82. The first kappa shape index (κ1) is 13.1. The summed E-state index contributed by atoms with van der Waals surface area (Å²) >= 11 is 0. The average molecular weight is 226 g/mol. The van der Waals surface area contributed by atoms with Crippen LogP contribution in [0.4, 0.5) is 4.39 Å². The van der Waals surface area contributed by atoms with E-state index in [1.54, 1.807) is 19.2 Å². The summed E-state index contributed by atoms with van der Waals surface area (Å²) in [7, 11) is 1.66. The fourth-order valence-electron chi connectivity index (χ4n) is 1.79. The molecule has 1 aromatic carbocycles. The molecular weight excluding hydrogens is 207 g/mol. The smallest absolute Gasteiger partial charge is 0.123 e. The van der Waals surface area contributed by atoms with Gasteiger partial charge < -0.3 is 9.84 Å². The van der Waals surface area contributed by atoms with Crippen molar-refractivity contribution in [1.82, 2.24) is 0 Å². The van der Waals surface area contributed by atoms with Gasteiger partial charge in [0.1, 0.15) is 5.82 Å². The zero-order chi connectivity index (χ0) is 12.0. The maximum atomic E-state index is 12.7. The van der Waals surface area contributed by atoms with Crippen LogP contribution in [0.1, 0.15) is 18.9 Å². The van der Waals surface area contributed by atoms with Crippen molar-refractivity contribution in [3.8, 4) is 0 Å². The first-order valence-electron chi connectivity index (χ1n) is 5.53. The molecule has 0 fully saturated rings. The van der Waals surface area contributed by atoms with Gasteiger partial charge in [0.05, 0.1) is 6.10 Å². The molecule has 90 valence electrons. The first-order chi connectivity index (χ1) is 7.61. The minimum atomic E-state index is -0.393. The first-order valence-corrected chi connectivity index (χ1v) is 5.53. The Labute approximate surface area is 96.1 Å². The molecule has 0 saturated heterocycles. The monoisotopic (exact) mass is 226 g/mol. The molecule has 0 bridgehead atoms. The molecule has 0 saturated carbocycles. The molecule has 3 heteroatoms. The molecule has 0 amide bonds. The Balaban J connectivity index is 2.39. The second-order valence-corrected chi connectivity index (χ2v) is 4.28. The molecule has 0 heterocycles. The largest absolute Gasteiger partial charge is 0.393 e. The lowest BCUT2D eigenvalue weighted by atomic mass is 9.99. The number of hydrogen-bond donors (Lipinski definition) is 1.